The van der Waals surface area contributed by atoms with E-state index in [0.29, 0.717) is 11.6 Å². The van der Waals surface area contributed by atoms with Gasteiger partial charge in [-0.2, -0.15) is 0 Å². The molecule has 0 aliphatic heterocycles. The fourth-order valence-electron chi connectivity index (χ4n) is 2.36. The molecule has 0 radical (unpaired) electrons. The van der Waals surface area contributed by atoms with Crippen LogP contribution < -0.4 is 10.9 Å². The zero-order valence-corrected chi connectivity index (χ0v) is 13.4. The van der Waals surface area contributed by atoms with Gasteiger partial charge < -0.3 is 9.88 Å². The van der Waals surface area contributed by atoms with Gasteiger partial charge in [-0.15, -0.1) is 0 Å². The van der Waals surface area contributed by atoms with E-state index in [0.717, 1.165) is 23.4 Å². The lowest BCUT2D eigenvalue weighted by Crippen LogP contribution is -2.29. The van der Waals surface area contributed by atoms with Crippen LogP contribution in [0.1, 0.15) is 32.4 Å². The Labute approximate surface area is 130 Å². The Bertz CT molecular complexity index is 659. The minimum absolute atomic E-state index is 0.0680. The summed E-state index contributed by atoms with van der Waals surface area (Å²) in [6.07, 6.45) is 0. The van der Waals surface area contributed by atoms with Crippen LogP contribution in [0.4, 0.5) is 0 Å². The monoisotopic (exact) mass is 304 g/mol. The van der Waals surface area contributed by atoms with E-state index in [1.807, 2.05) is 61.7 Å². The molecule has 4 heteroatoms. The standard InChI is InChI=1S/C17H21ClN2O/c1-4-19-11-14-7-10-16(20(12(2)3)17(14)21)13-5-8-15(18)9-6-13/h5-10,12,19H,4,11H2,1-3H3. The van der Waals surface area contributed by atoms with Crippen LogP contribution in [0.5, 0.6) is 0 Å². The summed E-state index contributed by atoms with van der Waals surface area (Å²) in [5, 5.41) is 3.90. The van der Waals surface area contributed by atoms with Gasteiger partial charge in [-0.1, -0.05) is 36.7 Å². The molecule has 0 saturated carbocycles. The average Bonchev–Trinajstić information content (AvgIpc) is 2.46. The number of pyridine rings is 1. The van der Waals surface area contributed by atoms with Gasteiger partial charge in [0.2, 0.25) is 0 Å². The molecular weight excluding hydrogens is 284 g/mol. The Morgan fingerprint density at radius 2 is 1.81 bits per heavy atom. The summed E-state index contributed by atoms with van der Waals surface area (Å²) in [6, 6.07) is 11.6. The van der Waals surface area contributed by atoms with Gasteiger partial charge >= 0.3 is 0 Å². The molecule has 0 unspecified atom stereocenters. The topological polar surface area (TPSA) is 34.0 Å². The first-order chi connectivity index (χ1) is 10.0. The molecule has 0 aliphatic carbocycles. The van der Waals surface area contributed by atoms with Crippen molar-refractivity contribution < 1.29 is 0 Å². The predicted molar refractivity (Wildman–Crippen MR) is 88.9 cm³/mol. The van der Waals surface area contributed by atoms with Crippen molar-refractivity contribution in [1.82, 2.24) is 9.88 Å². The highest BCUT2D eigenvalue weighted by Gasteiger charge is 2.12. The number of hydrogen-bond acceptors (Lipinski definition) is 2. The lowest BCUT2D eigenvalue weighted by molar-refractivity contribution is 0.575. The van der Waals surface area contributed by atoms with Gasteiger partial charge in [-0.3, -0.25) is 4.79 Å². The van der Waals surface area contributed by atoms with Crippen molar-refractivity contribution in [1.29, 1.82) is 0 Å². The highest BCUT2D eigenvalue weighted by atomic mass is 35.5. The Morgan fingerprint density at radius 3 is 2.38 bits per heavy atom. The molecule has 1 N–H and O–H groups in total. The van der Waals surface area contributed by atoms with Crippen LogP contribution in [0.3, 0.4) is 0 Å². The molecule has 1 aromatic carbocycles. The molecule has 0 aliphatic rings. The molecule has 2 aromatic rings. The summed E-state index contributed by atoms with van der Waals surface area (Å²) in [5.41, 5.74) is 2.79. The third kappa shape index (κ3) is 3.55. The normalized spacial score (nSPS) is 11.1. The number of rotatable bonds is 5. The minimum atomic E-state index is 0.0680. The van der Waals surface area contributed by atoms with Gasteiger partial charge in [0.25, 0.3) is 5.56 Å². The van der Waals surface area contributed by atoms with Gasteiger partial charge in [-0.25, -0.2) is 0 Å². The third-order valence-electron chi connectivity index (χ3n) is 3.42. The van der Waals surface area contributed by atoms with E-state index in [9.17, 15) is 4.79 Å². The molecular formula is C17H21ClN2O. The maximum Gasteiger partial charge on any atom is 0.255 e. The Hall–Kier alpha value is -1.58. The highest BCUT2D eigenvalue weighted by Crippen LogP contribution is 2.23. The number of halogens is 1. The molecule has 0 spiro atoms. The number of aromatic nitrogens is 1. The van der Waals surface area contributed by atoms with Gasteiger partial charge in [-0.05, 0) is 44.2 Å². The third-order valence-corrected chi connectivity index (χ3v) is 3.67. The molecule has 0 atom stereocenters. The van der Waals surface area contributed by atoms with Crippen molar-refractivity contribution in [2.24, 2.45) is 0 Å². The minimum Gasteiger partial charge on any atom is -0.313 e. The van der Waals surface area contributed by atoms with Gasteiger partial charge in [0.15, 0.2) is 0 Å². The van der Waals surface area contributed by atoms with Crippen LogP contribution in [0, 0.1) is 0 Å². The molecule has 1 aromatic heterocycles. The summed E-state index contributed by atoms with van der Waals surface area (Å²) in [7, 11) is 0. The Kier molecular flexibility index (Phi) is 5.21. The largest absolute Gasteiger partial charge is 0.313 e. The quantitative estimate of drug-likeness (QED) is 0.910. The fourth-order valence-corrected chi connectivity index (χ4v) is 2.48. The second-order valence-electron chi connectivity index (χ2n) is 5.30. The summed E-state index contributed by atoms with van der Waals surface area (Å²) in [5.74, 6) is 0. The zero-order valence-electron chi connectivity index (χ0n) is 12.7. The first-order valence-electron chi connectivity index (χ1n) is 7.25. The van der Waals surface area contributed by atoms with E-state index in [4.69, 9.17) is 11.6 Å². The lowest BCUT2D eigenvalue weighted by Gasteiger charge is -2.18. The molecule has 2 rings (SSSR count). The van der Waals surface area contributed by atoms with Crippen molar-refractivity contribution in [3.8, 4) is 11.3 Å². The first-order valence-corrected chi connectivity index (χ1v) is 7.63. The molecule has 112 valence electrons. The molecule has 0 saturated heterocycles. The molecule has 0 fully saturated rings. The van der Waals surface area contributed by atoms with E-state index in [1.165, 1.54) is 0 Å². The second kappa shape index (κ2) is 6.92. The molecule has 0 bridgehead atoms. The van der Waals surface area contributed by atoms with Crippen LogP contribution in [0.15, 0.2) is 41.2 Å². The number of benzene rings is 1. The van der Waals surface area contributed by atoms with E-state index in [-0.39, 0.29) is 11.6 Å². The van der Waals surface area contributed by atoms with Gasteiger partial charge in [0.05, 0.1) is 5.69 Å². The maximum atomic E-state index is 12.7. The molecule has 0 amide bonds. The SMILES string of the molecule is CCNCc1ccc(-c2ccc(Cl)cc2)n(C(C)C)c1=O. The molecule has 3 nitrogen and oxygen atoms in total. The van der Waals surface area contributed by atoms with Crippen molar-refractivity contribution in [3.05, 3.63) is 57.3 Å². The van der Waals surface area contributed by atoms with Crippen molar-refractivity contribution in [2.45, 2.75) is 33.4 Å². The van der Waals surface area contributed by atoms with E-state index < -0.39 is 0 Å². The number of nitrogens with one attached hydrogen (secondary N) is 1. The van der Waals surface area contributed by atoms with Crippen LogP contribution in [-0.2, 0) is 6.54 Å². The van der Waals surface area contributed by atoms with E-state index in [1.54, 1.807) is 0 Å². The molecule has 1 heterocycles. The van der Waals surface area contributed by atoms with Crippen LogP contribution in [-0.4, -0.2) is 11.1 Å². The average molecular weight is 305 g/mol. The molecule has 21 heavy (non-hydrogen) atoms. The lowest BCUT2D eigenvalue weighted by atomic mass is 10.1. The highest BCUT2D eigenvalue weighted by molar-refractivity contribution is 6.30. The maximum absolute atomic E-state index is 12.7. The second-order valence-corrected chi connectivity index (χ2v) is 5.74. The summed E-state index contributed by atoms with van der Waals surface area (Å²) >= 11 is 5.94. The van der Waals surface area contributed by atoms with E-state index >= 15 is 0 Å². The number of nitrogens with zero attached hydrogens (tertiary/aromatic N) is 1. The van der Waals surface area contributed by atoms with Crippen LogP contribution >= 0.6 is 11.6 Å². The smallest absolute Gasteiger partial charge is 0.255 e. The van der Waals surface area contributed by atoms with Crippen LogP contribution in [0.2, 0.25) is 5.02 Å². The Balaban J connectivity index is 2.54. The van der Waals surface area contributed by atoms with Crippen molar-refractivity contribution >= 4 is 11.6 Å². The van der Waals surface area contributed by atoms with Crippen molar-refractivity contribution in [3.63, 3.8) is 0 Å². The van der Waals surface area contributed by atoms with Crippen LogP contribution in [0.25, 0.3) is 11.3 Å². The summed E-state index contributed by atoms with van der Waals surface area (Å²) in [6.45, 7) is 7.53. The van der Waals surface area contributed by atoms with E-state index in [2.05, 4.69) is 5.32 Å². The van der Waals surface area contributed by atoms with Gasteiger partial charge in [0.1, 0.15) is 0 Å². The fraction of sp³-hybridized carbons (Fsp3) is 0.353. The first kappa shape index (κ1) is 15.8. The predicted octanol–water partition coefficient (Wildman–Crippen LogP) is 3.86. The van der Waals surface area contributed by atoms with Gasteiger partial charge in [0, 0.05) is 23.2 Å². The zero-order chi connectivity index (χ0) is 15.4. The van der Waals surface area contributed by atoms with Crippen molar-refractivity contribution in [2.75, 3.05) is 6.54 Å². The Morgan fingerprint density at radius 1 is 1.14 bits per heavy atom. The number of hydrogen-bond donors (Lipinski definition) is 1. The summed E-state index contributed by atoms with van der Waals surface area (Å²) < 4.78 is 1.84. The summed E-state index contributed by atoms with van der Waals surface area (Å²) in [4.78, 5) is 12.7.